The van der Waals surface area contributed by atoms with Crippen molar-refractivity contribution < 1.29 is 4.42 Å². The van der Waals surface area contributed by atoms with E-state index >= 15 is 0 Å². The van der Waals surface area contributed by atoms with Gasteiger partial charge in [-0.3, -0.25) is 0 Å². The van der Waals surface area contributed by atoms with Crippen LogP contribution in [-0.2, 0) is 0 Å². The van der Waals surface area contributed by atoms with E-state index < -0.39 is 0 Å². The maximum absolute atomic E-state index is 6.91. The number of hydrogen-bond acceptors (Lipinski definition) is 3. The Kier molecular flexibility index (Phi) is 8.04. The zero-order chi connectivity index (χ0) is 37.7. The molecule has 9 aromatic carbocycles. The van der Waals surface area contributed by atoms with Gasteiger partial charge in [0.05, 0.1) is 4.70 Å². The Morgan fingerprint density at radius 2 is 0.825 bits per heavy atom. The third-order valence-corrected chi connectivity index (χ3v) is 12.3. The predicted octanol–water partition coefficient (Wildman–Crippen LogP) is 16.1. The van der Waals surface area contributed by atoms with Crippen molar-refractivity contribution >= 4 is 70.5 Å². The van der Waals surface area contributed by atoms with E-state index in [9.17, 15) is 0 Å². The second kappa shape index (κ2) is 13.8. The molecule has 11 rings (SSSR count). The quantitative estimate of drug-likeness (QED) is 0.162. The minimum atomic E-state index is 0.911. The molecule has 57 heavy (non-hydrogen) atoms. The monoisotopic (exact) mass is 745 g/mol. The highest BCUT2D eigenvalue weighted by Gasteiger charge is 2.19. The third-order valence-electron chi connectivity index (χ3n) is 11.1. The summed E-state index contributed by atoms with van der Waals surface area (Å²) in [7, 11) is 0. The fraction of sp³-hybridized carbons (Fsp3) is 0. The topological polar surface area (TPSA) is 16.4 Å². The Morgan fingerprint density at radius 3 is 1.58 bits per heavy atom. The standard InChI is InChI=1S/C54H35NOS/c1-3-13-36(14-4-1)38-27-29-43(30-28-38)55(44-21-10-19-41(34-44)40-18-9-17-39(33-40)37-15-5-2-6-16-37)45-22-11-20-42(35-45)46-24-12-25-48-49-31-32-50-47-23-7-8-26-51(47)57-54(50)53(49)56-52(46)48/h1-35H. The van der Waals surface area contributed by atoms with Crippen molar-refractivity contribution in [2.45, 2.75) is 0 Å². The summed E-state index contributed by atoms with van der Waals surface area (Å²) >= 11 is 1.81. The second-order valence-corrected chi connectivity index (χ2v) is 15.5. The lowest BCUT2D eigenvalue weighted by Crippen LogP contribution is -2.10. The molecule has 0 unspecified atom stereocenters. The highest BCUT2D eigenvalue weighted by atomic mass is 32.1. The average Bonchev–Trinajstić information content (AvgIpc) is 3.87. The molecule has 2 nitrogen and oxygen atoms in total. The first-order chi connectivity index (χ1) is 28.2. The lowest BCUT2D eigenvalue weighted by molar-refractivity contribution is 0.674. The molecule has 0 spiro atoms. The number of rotatable bonds is 7. The lowest BCUT2D eigenvalue weighted by Gasteiger charge is -2.27. The molecule has 0 radical (unpaired) electrons. The number of hydrogen-bond donors (Lipinski definition) is 0. The van der Waals surface area contributed by atoms with Gasteiger partial charge in [-0.2, -0.15) is 0 Å². The van der Waals surface area contributed by atoms with Crippen LogP contribution in [0.4, 0.5) is 17.1 Å². The Hall–Kier alpha value is -7.20. The molecule has 0 aliphatic rings. The Bertz CT molecular complexity index is 3230. The van der Waals surface area contributed by atoms with Crippen LogP contribution in [0, 0.1) is 0 Å². The van der Waals surface area contributed by atoms with E-state index in [1.54, 1.807) is 0 Å². The van der Waals surface area contributed by atoms with Crippen LogP contribution >= 0.6 is 11.3 Å². The van der Waals surface area contributed by atoms with Gasteiger partial charge in [-0.25, -0.2) is 0 Å². The van der Waals surface area contributed by atoms with Gasteiger partial charge >= 0.3 is 0 Å². The fourth-order valence-corrected chi connectivity index (χ4v) is 9.48. The minimum absolute atomic E-state index is 0.911. The first-order valence-electron chi connectivity index (χ1n) is 19.3. The first kappa shape index (κ1) is 33.2. The highest BCUT2D eigenvalue weighted by Crippen LogP contribution is 2.45. The van der Waals surface area contributed by atoms with Crippen molar-refractivity contribution in [2.24, 2.45) is 0 Å². The molecule has 268 valence electrons. The molecule has 0 fully saturated rings. The Morgan fingerprint density at radius 1 is 0.316 bits per heavy atom. The van der Waals surface area contributed by atoms with Gasteiger partial charge in [-0.1, -0.05) is 158 Å². The van der Waals surface area contributed by atoms with Gasteiger partial charge < -0.3 is 9.32 Å². The fourth-order valence-electron chi connectivity index (χ4n) is 8.29. The van der Waals surface area contributed by atoms with Gasteiger partial charge in [0.15, 0.2) is 5.58 Å². The average molecular weight is 746 g/mol. The van der Waals surface area contributed by atoms with Crippen LogP contribution in [0.15, 0.2) is 217 Å². The van der Waals surface area contributed by atoms with Gasteiger partial charge in [-0.15, -0.1) is 11.3 Å². The minimum Gasteiger partial charge on any atom is -0.454 e. The molecule has 2 heterocycles. The zero-order valence-corrected chi connectivity index (χ0v) is 31.8. The van der Waals surface area contributed by atoms with E-state index in [-0.39, 0.29) is 0 Å². The number of para-hydroxylation sites is 1. The van der Waals surface area contributed by atoms with Crippen molar-refractivity contribution in [3.63, 3.8) is 0 Å². The molecule has 0 amide bonds. The summed E-state index contributed by atoms with van der Waals surface area (Å²) in [5.74, 6) is 0. The largest absolute Gasteiger partial charge is 0.454 e. The zero-order valence-electron chi connectivity index (χ0n) is 31.0. The van der Waals surface area contributed by atoms with E-state index in [1.165, 1.54) is 48.0 Å². The number of furan rings is 1. The van der Waals surface area contributed by atoms with Gasteiger partial charge in [0, 0.05) is 48.9 Å². The maximum Gasteiger partial charge on any atom is 0.153 e. The Balaban J connectivity index is 1.05. The normalized spacial score (nSPS) is 11.5. The number of benzene rings is 9. The van der Waals surface area contributed by atoms with E-state index in [0.717, 1.165) is 55.7 Å². The molecule has 0 N–H and O–H groups in total. The summed E-state index contributed by atoms with van der Waals surface area (Å²) in [4.78, 5) is 2.36. The van der Waals surface area contributed by atoms with Crippen LogP contribution in [0.1, 0.15) is 0 Å². The summed E-state index contributed by atoms with van der Waals surface area (Å²) in [6.07, 6.45) is 0. The van der Waals surface area contributed by atoms with Gasteiger partial charge in [-0.05, 0) is 93.5 Å². The number of nitrogens with zero attached hydrogens (tertiary/aromatic N) is 1. The van der Waals surface area contributed by atoms with Crippen molar-refractivity contribution in [1.82, 2.24) is 0 Å². The molecular weight excluding hydrogens is 711 g/mol. The van der Waals surface area contributed by atoms with Crippen LogP contribution in [0.5, 0.6) is 0 Å². The second-order valence-electron chi connectivity index (χ2n) is 14.5. The highest BCUT2D eigenvalue weighted by molar-refractivity contribution is 7.26. The molecule has 2 aromatic heterocycles. The molecule has 0 saturated heterocycles. The van der Waals surface area contributed by atoms with Gasteiger partial charge in [0.2, 0.25) is 0 Å². The van der Waals surface area contributed by atoms with E-state index in [0.29, 0.717) is 0 Å². The van der Waals surface area contributed by atoms with E-state index in [1.807, 2.05) is 11.3 Å². The molecule has 11 aromatic rings. The lowest BCUT2D eigenvalue weighted by atomic mass is 9.98. The number of anilines is 3. The van der Waals surface area contributed by atoms with Crippen LogP contribution in [0.3, 0.4) is 0 Å². The molecular formula is C54H35NOS. The summed E-state index contributed by atoms with van der Waals surface area (Å²) in [5, 5.41) is 4.80. The third kappa shape index (κ3) is 5.88. The van der Waals surface area contributed by atoms with Crippen LogP contribution in [0.25, 0.3) is 86.6 Å². The molecule has 0 saturated carbocycles. The van der Waals surface area contributed by atoms with Gasteiger partial charge in [0.1, 0.15) is 5.58 Å². The van der Waals surface area contributed by atoms with Crippen molar-refractivity contribution in [3.8, 4) is 44.5 Å². The van der Waals surface area contributed by atoms with Crippen molar-refractivity contribution in [2.75, 3.05) is 4.90 Å². The van der Waals surface area contributed by atoms with Crippen LogP contribution in [-0.4, -0.2) is 0 Å². The smallest absolute Gasteiger partial charge is 0.153 e. The SMILES string of the molecule is c1ccc(-c2ccc(N(c3cccc(-c4cccc(-c5ccccc5)c4)c3)c3cccc(-c4cccc5c4oc4c5ccc5c6ccccc6sc54)c3)cc2)cc1. The first-order valence-corrected chi connectivity index (χ1v) is 20.1. The van der Waals surface area contributed by atoms with Gasteiger partial charge in [0.25, 0.3) is 0 Å². The number of fused-ring (bicyclic) bond motifs is 7. The molecule has 3 heteroatoms. The molecule has 0 atom stereocenters. The summed E-state index contributed by atoms with van der Waals surface area (Å²) in [6, 6.07) is 76.3. The summed E-state index contributed by atoms with van der Waals surface area (Å²) in [6.45, 7) is 0. The molecule has 0 aliphatic heterocycles. The van der Waals surface area contributed by atoms with E-state index in [4.69, 9.17) is 4.42 Å². The van der Waals surface area contributed by atoms with Crippen molar-refractivity contribution in [1.29, 1.82) is 0 Å². The predicted molar refractivity (Wildman–Crippen MR) is 243 cm³/mol. The van der Waals surface area contributed by atoms with Crippen molar-refractivity contribution in [3.05, 3.63) is 212 Å². The van der Waals surface area contributed by atoms with Crippen LogP contribution in [0.2, 0.25) is 0 Å². The van der Waals surface area contributed by atoms with E-state index in [2.05, 4.69) is 217 Å². The Labute approximate surface area is 335 Å². The van der Waals surface area contributed by atoms with Crippen LogP contribution < -0.4 is 4.90 Å². The molecule has 0 bridgehead atoms. The summed E-state index contributed by atoms with van der Waals surface area (Å²) < 4.78 is 9.38. The molecule has 0 aliphatic carbocycles. The number of thiophene rings is 1. The maximum atomic E-state index is 6.91. The summed E-state index contributed by atoms with van der Waals surface area (Å²) in [5.41, 5.74) is 14.4.